The SMILES string of the molecule is Fc1ccc(-c2ccc(-c3nc(-c4ccccc4)nc(-c4ccccc4)n3)c(-n3c4ccccc4c4ccc(-c5nc(-c6ccccc6)nc(-c6ccccc6)n5)cc43)c2)c(F)c1. The summed E-state index contributed by atoms with van der Waals surface area (Å²) >= 11 is 0. The number of para-hydroxylation sites is 1. The van der Waals surface area contributed by atoms with E-state index in [0.29, 0.717) is 51.8 Å². The van der Waals surface area contributed by atoms with Crippen LogP contribution in [0.15, 0.2) is 200 Å². The van der Waals surface area contributed by atoms with Gasteiger partial charge in [0.05, 0.1) is 16.7 Å². The lowest BCUT2D eigenvalue weighted by Crippen LogP contribution is -2.04. The molecule has 0 N–H and O–H groups in total. The maximum atomic E-state index is 15.7. The fourth-order valence-corrected chi connectivity index (χ4v) is 8.03. The first-order valence-corrected chi connectivity index (χ1v) is 20.4. The van der Waals surface area contributed by atoms with E-state index < -0.39 is 11.6 Å². The lowest BCUT2D eigenvalue weighted by molar-refractivity contribution is 0.585. The van der Waals surface area contributed by atoms with Gasteiger partial charge in [-0.1, -0.05) is 158 Å². The quantitative estimate of drug-likeness (QED) is 0.152. The fraction of sp³-hybridized carbons (Fsp3) is 0. The first kappa shape index (κ1) is 37.4. The van der Waals surface area contributed by atoms with Gasteiger partial charge in [0, 0.05) is 55.8 Å². The molecule has 63 heavy (non-hydrogen) atoms. The molecule has 7 nitrogen and oxygen atoms in total. The molecule has 0 bridgehead atoms. The number of benzene rings is 8. The smallest absolute Gasteiger partial charge is 0.166 e. The number of fused-ring (bicyclic) bond motifs is 3. The van der Waals surface area contributed by atoms with Gasteiger partial charge in [-0.2, -0.15) is 0 Å². The van der Waals surface area contributed by atoms with Crippen molar-refractivity contribution in [1.82, 2.24) is 34.5 Å². The van der Waals surface area contributed by atoms with Crippen molar-refractivity contribution in [3.63, 3.8) is 0 Å². The predicted molar refractivity (Wildman–Crippen MR) is 246 cm³/mol. The molecule has 0 aliphatic heterocycles. The summed E-state index contributed by atoms with van der Waals surface area (Å²) in [4.78, 5) is 30.2. The standard InChI is InChI=1S/C54H33F2N7/c55-40-27-30-41(45(56)33-40)38-25-29-44(54-61-51(36-19-9-3-10-20-36)58-52(62-54)37-21-11-4-12-22-37)48(31-38)63-46-24-14-13-23-42(46)43-28-26-39(32-47(43)63)53-59-49(34-15-5-1-6-16-34)57-50(60-53)35-17-7-2-8-18-35/h1-33H. The van der Waals surface area contributed by atoms with E-state index in [1.54, 1.807) is 0 Å². The Morgan fingerprint density at radius 1 is 0.302 bits per heavy atom. The third-order valence-electron chi connectivity index (χ3n) is 11.1. The molecule has 0 atom stereocenters. The number of hydrogen-bond donors (Lipinski definition) is 0. The molecule has 11 rings (SSSR count). The second-order valence-electron chi connectivity index (χ2n) is 15.0. The van der Waals surface area contributed by atoms with Gasteiger partial charge in [-0.3, -0.25) is 0 Å². The number of nitrogens with zero attached hydrogens (tertiary/aromatic N) is 7. The van der Waals surface area contributed by atoms with Crippen molar-refractivity contribution in [2.75, 3.05) is 0 Å². The van der Waals surface area contributed by atoms with Crippen LogP contribution in [-0.2, 0) is 0 Å². The van der Waals surface area contributed by atoms with Crippen molar-refractivity contribution < 1.29 is 8.78 Å². The summed E-state index contributed by atoms with van der Waals surface area (Å²) in [6.07, 6.45) is 0. The summed E-state index contributed by atoms with van der Waals surface area (Å²) in [6, 6.07) is 63.0. The van der Waals surface area contributed by atoms with E-state index in [9.17, 15) is 4.39 Å². The van der Waals surface area contributed by atoms with Crippen molar-refractivity contribution in [2.24, 2.45) is 0 Å². The van der Waals surface area contributed by atoms with Crippen molar-refractivity contribution in [1.29, 1.82) is 0 Å². The van der Waals surface area contributed by atoms with E-state index in [0.717, 1.165) is 55.7 Å². The summed E-state index contributed by atoms with van der Waals surface area (Å²) < 4.78 is 32.1. The summed E-state index contributed by atoms with van der Waals surface area (Å²) in [5.74, 6) is 1.70. The molecule has 0 fully saturated rings. The van der Waals surface area contributed by atoms with Crippen LogP contribution in [0, 0.1) is 11.6 Å². The largest absolute Gasteiger partial charge is 0.308 e. The highest BCUT2D eigenvalue weighted by Crippen LogP contribution is 2.40. The summed E-state index contributed by atoms with van der Waals surface area (Å²) in [5, 5.41) is 1.98. The molecule has 0 saturated heterocycles. The Balaban J connectivity index is 1.19. The molecule has 11 aromatic rings. The minimum absolute atomic E-state index is 0.253. The van der Waals surface area contributed by atoms with Gasteiger partial charge < -0.3 is 4.57 Å². The van der Waals surface area contributed by atoms with E-state index in [-0.39, 0.29) is 5.56 Å². The van der Waals surface area contributed by atoms with E-state index >= 15 is 4.39 Å². The Bertz CT molecular complexity index is 3350. The highest BCUT2D eigenvalue weighted by atomic mass is 19.1. The first-order chi connectivity index (χ1) is 31.0. The Hall–Kier alpha value is -8.56. The maximum Gasteiger partial charge on any atom is 0.166 e. The number of rotatable bonds is 8. The zero-order valence-corrected chi connectivity index (χ0v) is 33.4. The highest BCUT2D eigenvalue weighted by Gasteiger charge is 2.22. The topological polar surface area (TPSA) is 82.3 Å². The van der Waals surface area contributed by atoms with Gasteiger partial charge in [-0.25, -0.2) is 38.7 Å². The summed E-state index contributed by atoms with van der Waals surface area (Å²) in [5.41, 5.74) is 8.04. The lowest BCUT2D eigenvalue weighted by Gasteiger charge is -2.17. The monoisotopic (exact) mass is 817 g/mol. The minimum Gasteiger partial charge on any atom is -0.308 e. The molecule has 0 amide bonds. The van der Waals surface area contributed by atoms with Gasteiger partial charge in [-0.15, -0.1) is 0 Å². The van der Waals surface area contributed by atoms with Crippen LogP contribution in [0.5, 0.6) is 0 Å². The fourth-order valence-electron chi connectivity index (χ4n) is 8.03. The third kappa shape index (κ3) is 7.07. The molecule has 0 aliphatic rings. The van der Waals surface area contributed by atoms with E-state index in [4.69, 9.17) is 29.9 Å². The van der Waals surface area contributed by atoms with Gasteiger partial charge >= 0.3 is 0 Å². The molecule has 0 aliphatic carbocycles. The molecule has 0 spiro atoms. The van der Waals surface area contributed by atoms with Gasteiger partial charge in [0.15, 0.2) is 34.9 Å². The molecule has 0 saturated carbocycles. The third-order valence-corrected chi connectivity index (χ3v) is 11.1. The lowest BCUT2D eigenvalue weighted by atomic mass is 10.0. The van der Waals surface area contributed by atoms with Crippen molar-refractivity contribution in [2.45, 2.75) is 0 Å². The first-order valence-electron chi connectivity index (χ1n) is 20.4. The van der Waals surface area contributed by atoms with Gasteiger partial charge in [0.1, 0.15) is 11.6 Å². The van der Waals surface area contributed by atoms with Crippen LogP contribution in [0.4, 0.5) is 8.78 Å². The Labute approximate surface area is 360 Å². The summed E-state index contributed by atoms with van der Waals surface area (Å²) in [7, 11) is 0. The van der Waals surface area contributed by atoms with Crippen LogP contribution >= 0.6 is 0 Å². The molecular weight excluding hydrogens is 785 g/mol. The second-order valence-corrected chi connectivity index (χ2v) is 15.0. The van der Waals surface area contributed by atoms with Crippen molar-refractivity contribution in [3.05, 3.63) is 212 Å². The average molecular weight is 818 g/mol. The Kier molecular flexibility index (Phi) is 9.39. The van der Waals surface area contributed by atoms with Crippen LogP contribution in [0.1, 0.15) is 0 Å². The van der Waals surface area contributed by atoms with E-state index in [2.05, 4.69) is 28.8 Å². The molecule has 0 radical (unpaired) electrons. The molecule has 9 heteroatoms. The second kappa shape index (κ2) is 15.8. The molecule has 8 aromatic carbocycles. The molecule has 298 valence electrons. The van der Waals surface area contributed by atoms with Crippen LogP contribution in [0.25, 0.3) is 107 Å². The normalized spacial score (nSPS) is 11.3. The van der Waals surface area contributed by atoms with E-state index in [1.165, 1.54) is 12.1 Å². The average Bonchev–Trinajstić information content (AvgIpc) is 3.68. The van der Waals surface area contributed by atoms with Gasteiger partial charge in [0.25, 0.3) is 0 Å². The maximum absolute atomic E-state index is 15.7. The number of halogens is 2. The van der Waals surface area contributed by atoms with Gasteiger partial charge in [0.2, 0.25) is 0 Å². The minimum atomic E-state index is -0.672. The van der Waals surface area contributed by atoms with Gasteiger partial charge in [-0.05, 0) is 42.0 Å². The van der Waals surface area contributed by atoms with Crippen LogP contribution in [0.3, 0.4) is 0 Å². The molecule has 0 unspecified atom stereocenters. The zero-order chi connectivity index (χ0) is 42.3. The van der Waals surface area contributed by atoms with Crippen LogP contribution in [-0.4, -0.2) is 34.5 Å². The summed E-state index contributed by atoms with van der Waals surface area (Å²) in [6.45, 7) is 0. The van der Waals surface area contributed by atoms with Crippen molar-refractivity contribution >= 4 is 21.8 Å². The van der Waals surface area contributed by atoms with Crippen LogP contribution in [0.2, 0.25) is 0 Å². The van der Waals surface area contributed by atoms with Crippen molar-refractivity contribution in [3.8, 4) is 85.1 Å². The van der Waals surface area contributed by atoms with Crippen LogP contribution < -0.4 is 0 Å². The number of aromatic nitrogens is 7. The van der Waals surface area contributed by atoms with E-state index in [1.807, 2.05) is 158 Å². The molecule has 3 heterocycles. The highest BCUT2D eigenvalue weighted by molar-refractivity contribution is 6.10. The Morgan fingerprint density at radius 3 is 1.25 bits per heavy atom. The zero-order valence-electron chi connectivity index (χ0n) is 33.4. The number of hydrogen-bond acceptors (Lipinski definition) is 6. The molecular formula is C54H33F2N7. The predicted octanol–water partition coefficient (Wildman–Crippen LogP) is 13.1. The Morgan fingerprint density at radius 2 is 0.730 bits per heavy atom. The molecule has 3 aromatic heterocycles.